The van der Waals surface area contributed by atoms with Crippen molar-refractivity contribution in [1.29, 1.82) is 0 Å². The lowest BCUT2D eigenvalue weighted by molar-refractivity contribution is 0.0943. The van der Waals surface area contributed by atoms with Crippen molar-refractivity contribution in [3.8, 4) is 0 Å². The zero-order valence-electron chi connectivity index (χ0n) is 11.4. The van der Waals surface area contributed by atoms with Gasteiger partial charge in [-0.2, -0.15) is 0 Å². The third kappa shape index (κ3) is 3.06. The van der Waals surface area contributed by atoms with E-state index in [0.717, 1.165) is 30.1 Å². The number of carbonyl (C=O) groups excluding carboxylic acids is 1. The number of carbonyl (C=O) groups is 1. The normalized spacial score (nSPS) is 18.4. The van der Waals surface area contributed by atoms with Crippen LogP contribution in [-0.4, -0.2) is 24.5 Å². The van der Waals surface area contributed by atoms with Crippen LogP contribution in [-0.2, 0) is 0 Å². The Hall–Kier alpha value is -1.58. The maximum Gasteiger partial charge on any atom is 0.251 e. The van der Waals surface area contributed by atoms with Crippen LogP contribution in [0.3, 0.4) is 0 Å². The summed E-state index contributed by atoms with van der Waals surface area (Å²) in [6.07, 6.45) is 7.10. The highest BCUT2D eigenvalue weighted by Gasteiger charge is 2.41. The van der Waals surface area contributed by atoms with Crippen molar-refractivity contribution in [3.05, 3.63) is 23.9 Å². The predicted molar refractivity (Wildman–Crippen MR) is 75.1 cm³/mol. The zero-order chi connectivity index (χ0) is 13.2. The van der Waals surface area contributed by atoms with Gasteiger partial charge in [0.15, 0.2) is 0 Å². The Kier molecular flexibility index (Phi) is 3.40. The third-order valence-corrected chi connectivity index (χ3v) is 4.23. The molecule has 2 aliphatic rings. The SMILES string of the molecule is CNc1cc(C(=O)NCC(C2CC2)C2CC2)ccn1. The van der Waals surface area contributed by atoms with Crippen molar-refractivity contribution in [3.63, 3.8) is 0 Å². The highest BCUT2D eigenvalue weighted by Crippen LogP contribution is 2.48. The summed E-state index contributed by atoms with van der Waals surface area (Å²) in [5, 5.41) is 6.05. The summed E-state index contributed by atoms with van der Waals surface area (Å²) in [5.41, 5.74) is 0.685. The Balaban J connectivity index is 1.57. The van der Waals surface area contributed by atoms with Gasteiger partial charge in [0.25, 0.3) is 5.91 Å². The lowest BCUT2D eigenvalue weighted by Crippen LogP contribution is -2.31. The predicted octanol–water partition coefficient (Wildman–Crippen LogP) is 2.29. The number of aromatic nitrogens is 1. The Morgan fingerprint density at radius 1 is 1.37 bits per heavy atom. The number of hydrogen-bond acceptors (Lipinski definition) is 3. The Bertz CT molecular complexity index is 454. The van der Waals surface area contributed by atoms with Gasteiger partial charge >= 0.3 is 0 Å². The molecule has 4 heteroatoms. The molecule has 102 valence electrons. The van der Waals surface area contributed by atoms with Gasteiger partial charge in [-0.1, -0.05) is 0 Å². The molecule has 1 aromatic heterocycles. The lowest BCUT2D eigenvalue weighted by Gasteiger charge is -2.16. The summed E-state index contributed by atoms with van der Waals surface area (Å²) in [4.78, 5) is 16.3. The average molecular weight is 259 g/mol. The van der Waals surface area contributed by atoms with Crippen molar-refractivity contribution < 1.29 is 4.79 Å². The van der Waals surface area contributed by atoms with Crippen LogP contribution in [0.15, 0.2) is 18.3 Å². The molecule has 1 amide bonds. The quantitative estimate of drug-likeness (QED) is 0.824. The molecule has 4 nitrogen and oxygen atoms in total. The van der Waals surface area contributed by atoms with E-state index in [9.17, 15) is 4.79 Å². The molecule has 19 heavy (non-hydrogen) atoms. The first-order valence-electron chi connectivity index (χ1n) is 7.20. The topological polar surface area (TPSA) is 54.0 Å². The average Bonchev–Trinajstić information content (AvgIpc) is 3.31. The number of hydrogen-bond donors (Lipinski definition) is 2. The van der Waals surface area contributed by atoms with Gasteiger partial charge in [0.05, 0.1) is 0 Å². The van der Waals surface area contributed by atoms with Crippen molar-refractivity contribution in [2.45, 2.75) is 25.7 Å². The van der Waals surface area contributed by atoms with Gasteiger partial charge in [-0.05, 0) is 55.6 Å². The monoisotopic (exact) mass is 259 g/mol. The lowest BCUT2D eigenvalue weighted by atomic mass is 9.98. The summed E-state index contributed by atoms with van der Waals surface area (Å²) in [5.74, 6) is 3.21. The van der Waals surface area contributed by atoms with Crippen LogP contribution < -0.4 is 10.6 Å². The van der Waals surface area contributed by atoms with Crippen molar-refractivity contribution in [2.24, 2.45) is 17.8 Å². The second-order valence-corrected chi connectivity index (χ2v) is 5.73. The molecule has 2 saturated carbocycles. The molecule has 2 aliphatic carbocycles. The minimum atomic E-state index is 0.0187. The van der Waals surface area contributed by atoms with Gasteiger partial charge in [-0.25, -0.2) is 4.98 Å². The summed E-state index contributed by atoms with van der Waals surface area (Å²) in [6.45, 7) is 0.839. The van der Waals surface area contributed by atoms with Crippen LogP contribution in [0.2, 0.25) is 0 Å². The molecule has 0 atom stereocenters. The van der Waals surface area contributed by atoms with Crippen LogP contribution in [0.1, 0.15) is 36.0 Å². The number of anilines is 1. The molecule has 1 aromatic rings. The van der Waals surface area contributed by atoms with E-state index < -0.39 is 0 Å². The number of pyridine rings is 1. The number of nitrogens with one attached hydrogen (secondary N) is 2. The fourth-order valence-electron chi connectivity index (χ4n) is 2.79. The molecule has 0 aromatic carbocycles. The van der Waals surface area contributed by atoms with Crippen molar-refractivity contribution >= 4 is 11.7 Å². The van der Waals surface area contributed by atoms with Gasteiger partial charge in [-0.15, -0.1) is 0 Å². The van der Waals surface area contributed by atoms with E-state index in [1.54, 1.807) is 25.4 Å². The van der Waals surface area contributed by atoms with Gasteiger partial charge < -0.3 is 10.6 Å². The molecule has 3 rings (SSSR count). The molecule has 0 saturated heterocycles. The molecule has 2 N–H and O–H groups in total. The van der Waals surface area contributed by atoms with E-state index in [1.165, 1.54) is 25.7 Å². The molecular formula is C15H21N3O. The molecule has 0 bridgehead atoms. The summed E-state index contributed by atoms with van der Waals surface area (Å²) < 4.78 is 0. The Morgan fingerprint density at radius 2 is 2.05 bits per heavy atom. The minimum absolute atomic E-state index is 0.0187. The van der Waals surface area contributed by atoms with E-state index in [4.69, 9.17) is 0 Å². The van der Waals surface area contributed by atoms with Gasteiger partial charge in [-0.3, -0.25) is 4.79 Å². The van der Waals surface area contributed by atoms with Gasteiger partial charge in [0.1, 0.15) is 5.82 Å². The summed E-state index contributed by atoms with van der Waals surface area (Å²) in [6, 6.07) is 3.55. The van der Waals surface area contributed by atoms with Crippen LogP contribution in [0.5, 0.6) is 0 Å². The van der Waals surface area contributed by atoms with Gasteiger partial charge in [0.2, 0.25) is 0 Å². The molecule has 0 radical (unpaired) electrons. The van der Waals surface area contributed by atoms with Gasteiger partial charge in [0, 0.05) is 25.4 Å². The number of rotatable bonds is 6. The second kappa shape index (κ2) is 5.19. The van der Waals surface area contributed by atoms with E-state index in [1.807, 2.05) is 0 Å². The molecule has 2 fully saturated rings. The first kappa shape index (κ1) is 12.5. The maximum absolute atomic E-state index is 12.1. The van der Waals surface area contributed by atoms with Crippen LogP contribution in [0, 0.1) is 17.8 Å². The molecular weight excluding hydrogens is 238 g/mol. The zero-order valence-corrected chi connectivity index (χ0v) is 11.4. The first-order valence-corrected chi connectivity index (χ1v) is 7.20. The van der Waals surface area contributed by atoms with Crippen molar-refractivity contribution in [1.82, 2.24) is 10.3 Å². The fourth-order valence-corrected chi connectivity index (χ4v) is 2.79. The fraction of sp³-hybridized carbons (Fsp3) is 0.600. The van der Waals surface area contributed by atoms with E-state index in [0.29, 0.717) is 5.56 Å². The highest BCUT2D eigenvalue weighted by molar-refractivity contribution is 5.94. The second-order valence-electron chi connectivity index (χ2n) is 5.73. The maximum atomic E-state index is 12.1. The largest absolute Gasteiger partial charge is 0.373 e. The summed E-state index contributed by atoms with van der Waals surface area (Å²) in [7, 11) is 1.81. The van der Waals surface area contributed by atoms with Crippen molar-refractivity contribution in [2.75, 3.05) is 18.9 Å². The molecule has 1 heterocycles. The molecule has 0 aliphatic heterocycles. The highest BCUT2D eigenvalue weighted by atomic mass is 16.1. The molecule has 0 spiro atoms. The third-order valence-electron chi connectivity index (χ3n) is 4.23. The molecule has 0 unspecified atom stereocenters. The number of nitrogens with zero attached hydrogens (tertiary/aromatic N) is 1. The van der Waals surface area contributed by atoms with E-state index >= 15 is 0 Å². The Labute approximate surface area is 114 Å². The van der Waals surface area contributed by atoms with E-state index in [2.05, 4.69) is 15.6 Å². The summed E-state index contributed by atoms with van der Waals surface area (Å²) >= 11 is 0. The van der Waals surface area contributed by atoms with Crippen LogP contribution in [0.4, 0.5) is 5.82 Å². The minimum Gasteiger partial charge on any atom is -0.373 e. The van der Waals surface area contributed by atoms with Crippen LogP contribution in [0.25, 0.3) is 0 Å². The standard InChI is InChI=1S/C15H21N3O/c1-16-14-8-12(6-7-17-14)15(19)18-9-13(10-2-3-10)11-4-5-11/h6-8,10-11,13H,2-5,9H2,1H3,(H,16,17)(H,18,19). The smallest absolute Gasteiger partial charge is 0.251 e. The van der Waals surface area contributed by atoms with E-state index in [-0.39, 0.29) is 5.91 Å². The first-order chi connectivity index (χ1) is 9.28. The Morgan fingerprint density at radius 3 is 2.63 bits per heavy atom. The number of amides is 1. The van der Waals surface area contributed by atoms with Crippen LogP contribution >= 0.6 is 0 Å².